The highest BCUT2D eigenvalue weighted by Crippen LogP contribution is 2.37. The van der Waals surface area contributed by atoms with Gasteiger partial charge in [-0.1, -0.05) is 54.6 Å². The largest absolute Gasteiger partial charge is 0.508 e. The van der Waals surface area contributed by atoms with E-state index in [-0.39, 0.29) is 5.75 Å². The van der Waals surface area contributed by atoms with Crippen LogP contribution >= 0.6 is 0 Å². The van der Waals surface area contributed by atoms with Gasteiger partial charge in [0.2, 0.25) is 0 Å². The van der Waals surface area contributed by atoms with E-state index >= 15 is 0 Å². The third-order valence-electron chi connectivity index (χ3n) is 9.52. The van der Waals surface area contributed by atoms with Crippen molar-refractivity contribution in [3.8, 4) is 39.3 Å². The Bertz CT molecular complexity index is 2870. The summed E-state index contributed by atoms with van der Waals surface area (Å²) in [5.74, 6) is 0.214. The number of rotatable bonds is 4. The van der Waals surface area contributed by atoms with Crippen molar-refractivity contribution in [1.29, 1.82) is 0 Å². The quantitative estimate of drug-likeness (QED) is 0.117. The predicted octanol–water partition coefficient (Wildman–Crippen LogP) is 8.24. The standard InChI is InChI=1S/C41H28N6O/c48-23-13-14-37-27(15-23)33(22-45-37)39-17-29(31-20-43-35-11-5-2-8-25(31)35)41(47-39)18-40-28(30-19-42-34-10-4-1-7-24(30)34)16-38(46-40)32-21-44-36-12-6-3-9-26(32)36/h1-22,42-44,46-48H/b39-33+,41-18-. The van der Waals surface area contributed by atoms with Gasteiger partial charge in [-0.25, -0.2) is 0 Å². The summed E-state index contributed by atoms with van der Waals surface area (Å²) < 4.78 is 0. The van der Waals surface area contributed by atoms with Crippen LogP contribution in [0.25, 0.3) is 77.9 Å². The molecule has 0 spiro atoms. The lowest BCUT2D eigenvalue weighted by Gasteiger charge is -2.00. The van der Waals surface area contributed by atoms with Gasteiger partial charge in [0.05, 0.1) is 5.69 Å². The molecule has 9 aromatic rings. The van der Waals surface area contributed by atoms with E-state index in [9.17, 15) is 5.11 Å². The first-order chi connectivity index (χ1) is 23.7. The normalized spacial score (nSPS) is 14.2. The number of aliphatic imine (C=N–C) groups is 1. The number of aromatic hydroxyl groups is 1. The molecule has 0 atom stereocenters. The highest BCUT2D eigenvalue weighted by atomic mass is 16.3. The van der Waals surface area contributed by atoms with Gasteiger partial charge in [-0.15, -0.1) is 0 Å². The molecular weight excluding hydrogens is 592 g/mol. The zero-order valence-electron chi connectivity index (χ0n) is 25.6. The van der Waals surface area contributed by atoms with Crippen LogP contribution in [0.15, 0.2) is 127 Å². The molecule has 1 aliphatic rings. The molecule has 10 rings (SSSR count). The van der Waals surface area contributed by atoms with Crippen LogP contribution in [0.3, 0.4) is 0 Å². The zero-order valence-corrected chi connectivity index (χ0v) is 25.6. The topological polar surface area (TPSA) is 112 Å². The van der Waals surface area contributed by atoms with Crippen molar-refractivity contribution in [2.45, 2.75) is 0 Å². The minimum absolute atomic E-state index is 0.214. The number of aromatic amines is 5. The highest BCUT2D eigenvalue weighted by Gasteiger charge is 2.19. The Kier molecular flexibility index (Phi) is 5.59. The van der Waals surface area contributed by atoms with Gasteiger partial charge in [0, 0.05) is 119 Å². The van der Waals surface area contributed by atoms with Crippen LogP contribution in [-0.2, 0) is 0 Å². The minimum Gasteiger partial charge on any atom is -0.508 e. The van der Waals surface area contributed by atoms with Crippen LogP contribution in [0.2, 0.25) is 0 Å². The van der Waals surface area contributed by atoms with Crippen LogP contribution in [0.1, 0.15) is 11.3 Å². The molecule has 48 heavy (non-hydrogen) atoms. The Morgan fingerprint density at radius 2 is 1.15 bits per heavy atom. The molecule has 0 amide bonds. The number of hydrogen-bond donors (Lipinski definition) is 6. The highest BCUT2D eigenvalue weighted by molar-refractivity contribution is 6.16. The van der Waals surface area contributed by atoms with Crippen molar-refractivity contribution >= 4 is 56.3 Å². The molecule has 4 aromatic carbocycles. The number of phenolic OH excluding ortho intramolecular Hbond substituents is 1. The number of phenols is 1. The summed E-state index contributed by atoms with van der Waals surface area (Å²) in [6, 6.07) is 34.9. The average Bonchev–Trinajstić information content (AvgIpc) is 3.96. The van der Waals surface area contributed by atoms with Gasteiger partial charge < -0.3 is 30.0 Å². The Balaban J connectivity index is 1.26. The molecule has 0 saturated carbocycles. The smallest absolute Gasteiger partial charge is 0.116 e. The third-order valence-corrected chi connectivity index (χ3v) is 9.52. The second-order valence-corrected chi connectivity index (χ2v) is 12.3. The van der Waals surface area contributed by atoms with Gasteiger partial charge >= 0.3 is 0 Å². The lowest BCUT2D eigenvalue weighted by Crippen LogP contribution is -2.14. The predicted molar refractivity (Wildman–Crippen MR) is 195 cm³/mol. The first-order valence-corrected chi connectivity index (χ1v) is 15.9. The SMILES string of the molecule is Oc1ccc2c(c1)/C(=c1\cc(-c3c[nH]c4ccccc34)/c(=C/c3[nH]c(-c4c[nH]c5ccccc45)cc3-c3c[nH]c4ccccc34)[nH]1)C=N2. The fraction of sp³-hybridized carbons (Fsp3) is 0. The van der Waals surface area contributed by atoms with Crippen LogP contribution in [-0.4, -0.2) is 36.2 Å². The van der Waals surface area contributed by atoms with Gasteiger partial charge in [-0.3, -0.25) is 4.99 Å². The molecule has 0 radical (unpaired) electrons. The van der Waals surface area contributed by atoms with E-state index in [1.165, 1.54) is 0 Å². The molecular formula is C41H28N6O. The molecule has 6 heterocycles. The van der Waals surface area contributed by atoms with Gasteiger partial charge in [-0.2, -0.15) is 0 Å². The summed E-state index contributed by atoms with van der Waals surface area (Å²) >= 11 is 0. The summed E-state index contributed by atoms with van der Waals surface area (Å²) in [5.41, 5.74) is 13.4. The molecule has 0 saturated heterocycles. The summed E-state index contributed by atoms with van der Waals surface area (Å²) in [7, 11) is 0. The number of H-pyrrole nitrogens is 5. The summed E-state index contributed by atoms with van der Waals surface area (Å²) in [5, 5.41) is 15.7. The molecule has 0 fully saturated rings. The fourth-order valence-electron chi connectivity index (χ4n) is 7.20. The maximum atomic E-state index is 10.3. The number of aromatic nitrogens is 5. The lowest BCUT2D eigenvalue weighted by atomic mass is 10.0. The van der Waals surface area contributed by atoms with E-state index in [0.717, 1.165) is 99.4 Å². The van der Waals surface area contributed by atoms with Crippen molar-refractivity contribution in [1.82, 2.24) is 24.9 Å². The first-order valence-electron chi connectivity index (χ1n) is 15.9. The Labute approximate surface area is 273 Å². The van der Waals surface area contributed by atoms with Crippen molar-refractivity contribution in [3.05, 3.63) is 144 Å². The fourth-order valence-corrected chi connectivity index (χ4v) is 7.20. The Hall–Kier alpha value is -6.73. The van der Waals surface area contributed by atoms with Crippen LogP contribution < -0.4 is 10.7 Å². The van der Waals surface area contributed by atoms with E-state index in [4.69, 9.17) is 0 Å². The second kappa shape index (κ2) is 10.1. The number of hydrogen-bond acceptors (Lipinski definition) is 2. The third kappa shape index (κ3) is 4.04. The van der Waals surface area contributed by atoms with Gasteiger partial charge in [0.1, 0.15) is 5.75 Å². The second-order valence-electron chi connectivity index (χ2n) is 12.3. The minimum atomic E-state index is 0.214. The molecule has 1 aliphatic heterocycles. The number of nitrogens with one attached hydrogen (secondary N) is 5. The summed E-state index contributed by atoms with van der Waals surface area (Å²) in [6.07, 6.45) is 10.3. The van der Waals surface area contributed by atoms with Crippen molar-refractivity contribution in [2.24, 2.45) is 4.99 Å². The maximum absolute atomic E-state index is 10.3. The van der Waals surface area contributed by atoms with E-state index in [2.05, 4.69) is 133 Å². The van der Waals surface area contributed by atoms with Crippen LogP contribution in [0.4, 0.5) is 5.69 Å². The Morgan fingerprint density at radius 3 is 1.83 bits per heavy atom. The maximum Gasteiger partial charge on any atom is 0.116 e. The molecule has 0 unspecified atom stereocenters. The molecule has 7 nitrogen and oxygen atoms in total. The average molecular weight is 621 g/mol. The van der Waals surface area contributed by atoms with E-state index in [0.29, 0.717) is 0 Å². The van der Waals surface area contributed by atoms with Gasteiger partial charge in [0.25, 0.3) is 0 Å². The van der Waals surface area contributed by atoms with Crippen molar-refractivity contribution in [2.75, 3.05) is 0 Å². The van der Waals surface area contributed by atoms with Crippen LogP contribution in [0, 0.1) is 0 Å². The van der Waals surface area contributed by atoms with E-state index in [1.54, 1.807) is 12.1 Å². The van der Waals surface area contributed by atoms with E-state index in [1.807, 2.05) is 18.3 Å². The van der Waals surface area contributed by atoms with Crippen molar-refractivity contribution in [3.63, 3.8) is 0 Å². The van der Waals surface area contributed by atoms with E-state index < -0.39 is 0 Å². The van der Waals surface area contributed by atoms with Crippen molar-refractivity contribution < 1.29 is 5.11 Å². The van der Waals surface area contributed by atoms with Gasteiger partial charge in [-0.05, 0) is 54.6 Å². The number of nitrogens with zero attached hydrogens (tertiary/aromatic N) is 1. The van der Waals surface area contributed by atoms with Crippen LogP contribution in [0.5, 0.6) is 5.75 Å². The summed E-state index contributed by atoms with van der Waals surface area (Å²) in [6.45, 7) is 0. The monoisotopic (exact) mass is 620 g/mol. The zero-order chi connectivity index (χ0) is 31.8. The summed E-state index contributed by atoms with van der Waals surface area (Å²) in [4.78, 5) is 22.6. The molecule has 6 N–H and O–H groups in total. The van der Waals surface area contributed by atoms with Gasteiger partial charge in [0.15, 0.2) is 0 Å². The Morgan fingerprint density at radius 1 is 0.542 bits per heavy atom. The number of para-hydroxylation sites is 3. The molecule has 0 bridgehead atoms. The molecule has 5 aromatic heterocycles. The molecule has 228 valence electrons. The first kappa shape index (κ1) is 26.5. The lowest BCUT2D eigenvalue weighted by molar-refractivity contribution is 0.475. The molecule has 7 heteroatoms. The number of fused-ring (bicyclic) bond motifs is 4. The molecule has 0 aliphatic carbocycles. The number of benzene rings is 4.